The number of benzene rings is 2. The highest BCUT2D eigenvalue weighted by molar-refractivity contribution is 8.14. The predicted octanol–water partition coefficient (Wildman–Crippen LogP) is 3.46. The van der Waals surface area contributed by atoms with Crippen molar-refractivity contribution in [3.8, 4) is 0 Å². The Morgan fingerprint density at radius 3 is 2.90 bits per heavy atom. The first kappa shape index (κ1) is 20.2. The molecule has 160 valence electrons. The highest BCUT2D eigenvalue weighted by atomic mass is 35.5. The number of nitrogens with zero attached hydrogens (tertiary/aromatic N) is 3. The number of amidine groups is 1. The molecule has 0 radical (unpaired) electrons. The summed E-state index contributed by atoms with van der Waals surface area (Å²) in [6.45, 7) is 0. The minimum absolute atomic E-state index is 0.0403. The van der Waals surface area contributed by atoms with E-state index in [1.165, 1.54) is 23.9 Å². The van der Waals surface area contributed by atoms with Gasteiger partial charge in [0.1, 0.15) is 12.0 Å². The van der Waals surface area contributed by atoms with E-state index in [9.17, 15) is 9.18 Å². The van der Waals surface area contributed by atoms with Crippen LogP contribution in [0.15, 0.2) is 66.0 Å². The van der Waals surface area contributed by atoms with Crippen LogP contribution in [0.25, 0.3) is 0 Å². The molecule has 3 aliphatic rings. The van der Waals surface area contributed by atoms with E-state index in [2.05, 4.69) is 26.3 Å². The molecule has 0 bridgehead atoms. The molecule has 2 aromatic rings. The Bertz CT molecular complexity index is 1050. The summed E-state index contributed by atoms with van der Waals surface area (Å²) in [5.74, 6) is -0.132. The highest BCUT2D eigenvalue weighted by Gasteiger charge is 2.44. The second-order valence-corrected chi connectivity index (χ2v) is 8.84. The van der Waals surface area contributed by atoms with Crippen LogP contribution in [0.4, 0.5) is 10.1 Å². The van der Waals surface area contributed by atoms with E-state index in [0.29, 0.717) is 10.7 Å². The number of rotatable bonds is 4. The van der Waals surface area contributed by atoms with Crippen LogP contribution < -0.4 is 16.2 Å². The SMILES string of the molecule is O=C(CSC1=NNC2C3CC(c4ccc(F)cc4)NN3C=CN12)Nc1cccc(Cl)c1. The molecule has 3 N–H and O–H groups in total. The predicted molar refractivity (Wildman–Crippen MR) is 120 cm³/mol. The van der Waals surface area contributed by atoms with Gasteiger partial charge in [-0.2, -0.15) is 5.10 Å². The number of amides is 1. The molecule has 31 heavy (non-hydrogen) atoms. The lowest BCUT2D eigenvalue weighted by atomic mass is 10.00. The average molecular weight is 459 g/mol. The summed E-state index contributed by atoms with van der Waals surface area (Å²) in [7, 11) is 0. The fourth-order valence-corrected chi connectivity index (χ4v) is 4.92. The van der Waals surface area contributed by atoms with Gasteiger partial charge >= 0.3 is 0 Å². The minimum atomic E-state index is -0.238. The Morgan fingerprint density at radius 1 is 1.26 bits per heavy atom. The highest BCUT2D eigenvalue weighted by Crippen LogP contribution is 2.35. The number of fused-ring (bicyclic) bond motifs is 3. The molecule has 2 aromatic carbocycles. The van der Waals surface area contributed by atoms with Gasteiger partial charge in [0, 0.05) is 23.1 Å². The average Bonchev–Trinajstić information content (AvgIpc) is 3.36. The lowest BCUT2D eigenvalue weighted by Crippen LogP contribution is -2.54. The van der Waals surface area contributed by atoms with Crippen molar-refractivity contribution in [1.82, 2.24) is 20.8 Å². The zero-order valence-corrected chi connectivity index (χ0v) is 17.9. The molecule has 1 amide bonds. The van der Waals surface area contributed by atoms with Gasteiger partial charge in [-0.1, -0.05) is 41.6 Å². The lowest BCUT2D eigenvalue weighted by molar-refractivity contribution is -0.113. The van der Waals surface area contributed by atoms with Crippen LogP contribution in [-0.4, -0.2) is 38.9 Å². The van der Waals surface area contributed by atoms with Crippen molar-refractivity contribution in [2.75, 3.05) is 11.1 Å². The molecular weight excluding hydrogens is 439 g/mol. The van der Waals surface area contributed by atoms with Crippen molar-refractivity contribution in [2.24, 2.45) is 5.10 Å². The van der Waals surface area contributed by atoms with Gasteiger partial charge < -0.3 is 15.2 Å². The second-order valence-electron chi connectivity index (χ2n) is 7.46. The summed E-state index contributed by atoms with van der Waals surface area (Å²) >= 11 is 7.33. The normalized spacial score (nSPS) is 23.8. The van der Waals surface area contributed by atoms with Crippen molar-refractivity contribution >= 4 is 40.1 Å². The maximum atomic E-state index is 13.2. The molecule has 3 atom stereocenters. The Morgan fingerprint density at radius 2 is 2.10 bits per heavy atom. The van der Waals surface area contributed by atoms with E-state index >= 15 is 0 Å². The molecule has 3 unspecified atom stereocenters. The molecule has 1 fully saturated rings. The number of halogens is 2. The van der Waals surface area contributed by atoms with E-state index in [-0.39, 0.29) is 35.7 Å². The molecule has 1 saturated heterocycles. The van der Waals surface area contributed by atoms with E-state index in [1.54, 1.807) is 24.3 Å². The number of hydrogen-bond acceptors (Lipinski definition) is 7. The van der Waals surface area contributed by atoms with Crippen LogP contribution in [0.3, 0.4) is 0 Å². The van der Waals surface area contributed by atoms with Gasteiger partial charge in [0.2, 0.25) is 5.91 Å². The van der Waals surface area contributed by atoms with Crippen molar-refractivity contribution in [1.29, 1.82) is 0 Å². The molecule has 0 spiro atoms. The van der Waals surface area contributed by atoms with Gasteiger partial charge in [-0.3, -0.25) is 10.2 Å². The van der Waals surface area contributed by atoms with Crippen LogP contribution in [0.2, 0.25) is 5.02 Å². The third-order valence-electron chi connectivity index (χ3n) is 5.42. The first-order chi connectivity index (χ1) is 15.1. The van der Waals surface area contributed by atoms with Crippen molar-refractivity contribution < 1.29 is 9.18 Å². The summed E-state index contributed by atoms with van der Waals surface area (Å²) in [6.07, 6.45) is 4.72. The molecule has 7 nitrogen and oxygen atoms in total. The number of hydrazone groups is 1. The third-order valence-corrected chi connectivity index (χ3v) is 6.62. The van der Waals surface area contributed by atoms with Gasteiger partial charge in [-0.15, -0.1) is 0 Å². The van der Waals surface area contributed by atoms with Gasteiger partial charge in [-0.05, 0) is 42.3 Å². The quantitative estimate of drug-likeness (QED) is 0.651. The first-order valence-corrected chi connectivity index (χ1v) is 11.2. The fourth-order valence-electron chi connectivity index (χ4n) is 3.96. The summed E-state index contributed by atoms with van der Waals surface area (Å²) in [5, 5.41) is 10.7. The fraction of sp³-hybridized carbons (Fsp3) is 0.238. The van der Waals surface area contributed by atoms with E-state index < -0.39 is 0 Å². The third kappa shape index (κ3) is 4.21. The first-order valence-electron chi connectivity index (χ1n) is 9.85. The Labute approximate surface area is 188 Å². The molecular formula is C21H20ClFN6OS. The molecule has 5 rings (SSSR count). The standard InChI is InChI=1S/C21H20ClFN6OS/c22-14-2-1-3-16(10-14)24-19(30)12-31-21-26-25-20-18-11-17(13-4-6-15(23)7-5-13)27-29(18)9-8-28(20)21/h1-10,17-18,20,25,27H,11-12H2,(H,24,30). The number of thioether (sulfide) groups is 1. The number of carbonyl (C=O) groups is 1. The number of hydrogen-bond donors (Lipinski definition) is 3. The summed E-state index contributed by atoms with van der Waals surface area (Å²) in [5.41, 5.74) is 8.37. The van der Waals surface area contributed by atoms with E-state index in [0.717, 1.165) is 17.2 Å². The van der Waals surface area contributed by atoms with Crippen LogP contribution in [-0.2, 0) is 4.79 Å². The summed E-state index contributed by atoms with van der Waals surface area (Å²) < 4.78 is 13.2. The zero-order valence-electron chi connectivity index (χ0n) is 16.3. The monoisotopic (exact) mass is 458 g/mol. The maximum absolute atomic E-state index is 13.2. The van der Waals surface area contributed by atoms with E-state index in [4.69, 9.17) is 11.6 Å². The number of carbonyl (C=O) groups excluding carboxylic acids is 1. The molecule has 0 aliphatic carbocycles. The number of anilines is 1. The largest absolute Gasteiger partial charge is 0.325 e. The van der Waals surface area contributed by atoms with Crippen LogP contribution in [0.5, 0.6) is 0 Å². The molecule has 0 saturated carbocycles. The Kier molecular flexibility index (Phi) is 5.47. The topological polar surface area (TPSA) is 72.0 Å². The molecule has 0 aromatic heterocycles. The zero-order chi connectivity index (χ0) is 21.4. The molecule has 3 aliphatic heterocycles. The van der Waals surface area contributed by atoms with Gasteiger partial charge in [0.15, 0.2) is 5.17 Å². The summed E-state index contributed by atoms with van der Waals surface area (Å²) in [6, 6.07) is 13.9. The van der Waals surface area contributed by atoms with Crippen LogP contribution >= 0.6 is 23.4 Å². The second kappa shape index (κ2) is 8.41. The van der Waals surface area contributed by atoms with Crippen LogP contribution in [0.1, 0.15) is 18.0 Å². The number of hydrazine groups is 1. The van der Waals surface area contributed by atoms with Crippen molar-refractivity contribution in [3.05, 3.63) is 77.3 Å². The minimum Gasteiger partial charge on any atom is -0.325 e. The van der Waals surface area contributed by atoms with Gasteiger partial charge in [-0.25, -0.2) is 9.82 Å². The van der Waals surface area contributed by atoms with Crippen LogP contribution in [0, 0.1) is 5.82 Å². The Hall–Kier alpha value is -2.75. The molecule has 3 heterocycles. The van der Waals surface area contributed by atoms with E-state index in [1.807, 2.05) is 29.4 Å². The smallest absolute Gasteiger partial charge is 0.234 e. The van der Waals surface area contributed by atoms with Gasteiger partial charge in [0.25, 0.3) is 0 Å². The molecule has 10 heteroatoms. The van der Waals surface area contributed by atoms with Crippen molar-refractivity contribution in [2.45, 2.75) is 24.7 Å². The summed E-state index contributed by atoms with van der Waals surface area (Å²) in [4.78, 5) is 14.4. The Balaban J connectivity index is 1.18. The van der Waals surface area contributed by atoms with Gasteiger partial charge in [0.05, 0.1) is 17.8 Å². The lowest BCUT2D eigenvalue weighted by Gasteiger charge is -2.36. The maximum Gasteiger partial charge on any atom is 0.234 e. The number of nitrogens with one attached hydrogen (secondary N) is 3. The van der Waals surface area contributed by atoms with Crippen molar-refractivity contribution in [3.63, 3.8) is 0 Å².